The average Bonchev–Trinajstić information content (AvgIpc) is 3.09. The SMILES string of the molecule is CCN(CC)C(=O)C1=C(C)Nc2nnnn2[C@H]1c1cccc([N+](=O)[O-])c1. The molecule has 1 N–H and O–H groups in total. The van der Waals surface area contributed by atoms with Gasteiger partial charge in [0.25, 0.3) is 11.6 Å². The quantitative estimate of drug-likeness (QED) is 0.639. The Bertz CT molecular complexity index is 885. The van der Waals surface area contributed by atoms with Gasteiger partial charge in [0, 0.05) is 30.9 Å². The van der Waals surface area contributed by atoms with Crippen molar-refractivity contribution in [3.8, 4) is 0 Å². The Balaban J connectivity index is 2.16. The van der Waals surface area contributed by atoms with E-state index in [1.54, 1.807) is 24.0 Å². The molecule has 2 aromatic rings. The second-order valence-electron chi connectivity index (χ2n) is 5.84. The third-order valence-electron chi connectivity index (χ3n) is 4.39. The van der Waals surface area contributed by atoms with Crippen LogP contribution in [0, 0.1) is 10.1 Å². The number of benzene rings is 1. The number of nitrogens with zero attached hydrogens (tertiary/aromatic N) is 6. The van der Waals surface area contributed by atoms with Crippen molar-refractivity contribution >= 4 is 17.5 Å². The molecular weight excluding hydrogens is 338 g/mol. The molecule has 10 nitrogen and oxygen atoms in total. The molecule has 3 rings (SSSR count). The van der Waals surface area contributed by atoms with E-state index >= 15 is 0 Å². The van der Waals surface area contributed by atoms with Gasteiger partial charge in [-0.2, -0.15) is 4.68 Å². The Morgan fingerprint density at radius 3 is 2.77 bits per heavy atom. The van der Waals surface area contributed by atoms with Crippen LogP contribution in [0.5, 0.6) is 0 Å². The Labute approximate surface area is 149 Å². The zero-order valence-electron chi connectivity index (χ0n) is 14.7. The lowest BCUT2D eigenvalue weighted by atomic mass is 9.94. The Morgan fingerprint density at radius 1 is 1.38 bits per heavy atom. The lowest BCUT2D eigenvalue weighted by Crippen LogP contribution is -2.38. The van der Waals surface area contributed by atoms with E-state index in [1.807, 2.05) is 13.8 Å². The number of fused-ring (bicyclic) bond motifs is 1. The molecule has 0 aliphatic carbocycles. The minimum Gasteiger partial charge on any atom is -0.339 e. The van der Waals surface area contributed by atoms with E-state index in [2.05, 4.69) is 20.8 Å². The minimum absolute atomic E-state index is 0.0528. The molecule has 1 aliphatic rings. The van der Waals surface area contributed by atoms with Crippen LogP contribution in [0.3, 0.4) is 0 Å². The zero-order valence-corrected chi connectivity index (χ0v) is 14.7. The van der Waals surface area contributed by atoms with Gasteiger partial charge in [0.15, 0.2) is 0 Å². The third kappa shape index (κ3) is 2.89. The van der Waals surface area contributed by atoms with Gasteiger partial charge in [-0.25, -0.2) is 0 Å². The van der Waals surface area contributed by atoms with Gasteiger partial charge in [0.1, 0.15) is 6.04 Å². The molecule has 0 fully saturated rings. The number of tetrazole rings is 1. The number of non-ortho nitro benzene ring substituents is 1. The Kier molecular flexibility index (Phi) is 4.65. The standard InChI is InChI=1S/C16H19N7O3/c1-4-21(5-2)15(24)13-10(3)17-16-18-19-20-22(16)14(13)11-7-6-8-12(9-11)23(25)26/h6-9,14H,4-5H2,1-3H3,(H,17,18,20)/t14-/m0/s1. The molecule has 0 spiro atoms. The van der Waals surface area contributed by atoms with Crippen molar-refractivity contribution in [3.05, 3.63) is 51.2 Å². The summed E-state index contributed by atoms with van der Waals surface area (Å²) in [5.41, 5.74) is 1.61. The fraction of sp³-hybridized carbons (Fsp3) is 0.375. The lowest BCUT2D eigenvalue weighted by molar-refractivity contribution is -0.384. The molecule has 0 saturated heterocycles. The van der Waals surface area contributed by atoms with Gasteiger partial charge in [-0.05, 0) is 36.8 Å². The fourth-order valence-corrected chi connectivity index (χ4v) is 3.09. The summed E-state index contributed by atoms with van der Waals surface area (Å²) in [7, 11) is 0. The molecule has 0 radical (unpaired) electrons. The molecule has 1 aromatic heterocycles. The maximum atomic E-state index is 13.1. The summed E-state index contributed by atoms with van der Waals surface area (Å²) in [6, 6.07) is 5.54. The number of amides is 1. The van der Waals surface area contributed by atoms with Gasteiger partial charge in [-0.1, -0.05) is 17.2 Å². The Hall–Kier alpha value is -3.30. The summed E-state index contributed by atoms with van der Waals surface area (Å²) in [6.07, 6.45) is 0. The summed E-state index contributed by atoms with van der Waals surface area (Å²) in [5.74, 6) is 0.229. The highest BCUT2D eigenvalue weighted by molar-refractivity contribution is 5.96. The number of nitrogens with one attached hydrogen (secondary N) is 1. The minimum atomic E-state index is -0.644. The van der Waals surface area contributed by atoms with Crippen LogP contribution in [0.15, 0.2) is 35.5 Å². The first-order valence-corrected chi connectivity index (χ1v) is 8.27. The van der Waals surface area contributed by atoms with E-state index in [9.17, 15) is 14.9 Å². The van der Waals surface area contributed by atoms with Crippen molar-refractivity contribution in [1.29, 1.82) is 0 Å². The van der Waals surface area contributed by atoms with Crippen LogP contribution in [0.4, 0.5) is 11.6 Å². The number of aromatic nitrogens is 4. The number of carbonyl (C=O) groups excluding carboxylic acids is 1. The molecule has 136 valence electrons. The van der Waals surface area contributed by atoms with Gasteiger partial charge in [-0.15, -0.1) is 0 Å². The van der Waals surface area contributed by atoms with Crippen LogP contribution < -0.4 is 5.32 Å². The van der Waals surface area contributed by atoms with Crippen LogP contribution in [0.2, 0.25) is 0 Å². The van der Waals surface area contributed by atoms with Crippen LogP contribution in [-0.4, -0.2) is 49.0 Å². The summed E-state index contributed by atoms with van der Waals surface area (Å²) in [6.45, 7) is 6.68. The number of nitro groups is 1. The molecule has 1 amide bonds. The van der Waals surface area contributed by atoms with Crippen molar-refractivity contribution in [2.75, 3.05) is 18.4 Å². The van der Waals surface area contributed by atoms with E-state index in [-0.39, 0.29) is 11.6 Å². The van der Waals surface area contributed by atoms with Crippen molar-refractivity contribution in [2.24, 2.45) is 0 Å². The summed E-state index contributed by atoms with van der Waals surface area (Å²) in [5, 5.41) is 25.8. The topological polar surface area (TPSA) is 119 Å². The molecular formula is C16H19N7O3. The first-order chi connectivity index (χ1) is 12.5. The van der Waals surface area contributed by atoms with Crippen molar-refractivity contribution in [2.45, 2.75) is 26.8 Å². The highest BCUT2D eigenvalue weighted by Crippen LogP contribution is 2.36. The zero-order chi connectivity index (χ0) is 18.8. The van der Waals surface area contributed by atoms with E-state index in [4.69, 9.17) is 0 Å². The average molecular weight is 357 g/mol. The third-order valence-corrected chi connectivity index (χ3v) is 4.39. The second-order valence-corrected chi connectivity index (χ2v) is 5.84. The van der Waals surface area contributed by atoms with Crippen LogP contribution >= 0.6 is 0 Å². The molecule has 1 atom stereocenters. The number of nitro benzene ring substituents is 1. The molecule has 0 saturated carbocycles. The van der Waals surface area contributed by atoms with Crippen LogP contribution in [-0.2, 0) is 4.79 Å². The largest absolute Gasteiger partial charge is 0.339 e. The molecule has 0 bridgehead atoms. The van der Waals surface area contributed by atoms with E-state index in [0.29, 0.717) is 35.9 Å². The first kappa shape index (κ1) is 17.5. The predicted octanol–water partition coefficient (Wildman–Crippen LogP) is 1.74. The monoisotopic (exact) mass is 357 g/mol. The van der Waals surface area contributed by atoms with Crippen molar-refractivity contribution in [1.82, 2.24) is 25.1 Å². The highest BCUT2D eigenvalue weighted by atomic mass is 16.6. The van der Waals surface area contributed by atoms with E-state index < -0.39 is 11.0 Å². The number of hydrogen-bond acceptors (Lipinski definition) is 7. The lowest BCUT2D eigenvalue weighted by Gasteiger charge is -2.31. The van der Waals surface area contributed by atoms with E-state index in [0.717, 1.165) is 0 Å². The number of allylic oxidation sites excluding steroid dienone is 1. The van der Waals surface area contributed by atoms with Gasteiger partial charge in [0.2, 0.25) is 5.95 Å². The molecule has 2 heterocycles. The number of hydrogen-bond donors (Lipinski definition) is 1. The summed E-state index contributed by atoms with van der Waals surface area (Å²) >= 11 is 0. The second kappa shape index (κ2) is 6.90. The van der Waals surface area contributed by atoms with Crippen LogP contribution in [0.1, 0.15) is 32.4 Å². The molecule has 10 heteroatoms. The summed E-state index contributed by atoms with van der Waals surface area (Å²) in [4.78, 5) is 25.5. The van der Waals surface area contributed by atoms with E-state index in [1.165, 1.54) is 16.8 Å². The number of likely N-dealkylation sites (N-methyl/N-ethyl adjacent to an activating group) is 1. The number of rotatable bonds is 5. The number of carbonyl (C=O) groups is 1. The predicted molar refractivity (Wildman–Crippen MR) is 93.3 cm³/mol. The maximum Gasteiger partial charge on any atom is 0.269 e. The molecule has 26 heavy (non-hydrogen) atoms. The summed E-state index contributed by atoms with van der Waals surface area (Å²) < 4.78 is 1.47. The fourth-order valence-electron chi connectivity index (χ4n) is 3.09. The van der Waals surface area contributed by atoms with Crippen molar-refractivity contribution in [3.63, 3.8) is 0 Å². The first-order valence-electron chi connectivity index (χ1n) is 8.27. The molecule has 0 unspecified atom stereocenters. The van der Waals surface area contributed by atoms with Gasteiger partial charge in [0.05, 0.1) is 10.5 Å². The Morgan fingerprint density at radius 2 is 2.12 bits per heavy atom. The van der Waals surface area contributed by atoms with Crippen molar-refractivity contribution < 1.29 is 9.72 Å². The maximum absolute atomic E-state index is 13.1. The number of anilines is 1. The van der Waals surface area contributed by atoms with Gasteiger partial charge >= 0.3 is 0 Å². The van der Waals surface area contributed by atoms with Gasteiger partial charge in [-0.3, -0.25) is 14.9 Å². The van der Waals surface area contributed by atoms with Gasteiger partial charge < -0.3 is 10.2 Å². The molecule has 1 aromatic carbocycles. The van der Waals surface area contributed by atoms with Crippen LogP contribution in [0.25, 0.3) is 0 Å². The normalized spacial score (nSPS) is 16.0. The highest BCUT2D eigenvalue weighted by Gasteiger charge is 2.36. The molecule has 1 aliphatic heterocycles. The smallest absolute Gasteiger partial charge is 0.269 e.